The molecule has 0 spiro atoms. The fourth-order valence-corrected chi connectivity index (χ4v) is 2.08. The normalized spacial score (nSPS) is 23.2. The van der Waals surface area contributed by atoms with Crippen molar-refractivity contribution in [2.75, 3.05) is 38.8 Å². The van der Waals surface area contributed by atoms with Crippen LogP contribution >= 0.6 is 22.5 Å². The molecule has 0 aliphatic carbocycles. The summed E-state index contributed by atoms with van der Waals surface area (Å²) in [5.41, 5.74) is 0. The van der Waals surface area contributed by atoms with Crippen LogP contribution in [0.25, 0.3) is 0 Å². The monoisotopic (exact) mass is 251 g/mol. The number of rotatable bonds is 7. The van der Waals surface area contributed by atoms with Gasteiger partial charge in [0.25, 0.3) is 0 Å². The molecule has 90 valence electrons. The fraction of sp³-hybridized carbons (Fsp3) is 1.00. The summed E-state index contributed by atoms with van der Waals surface area (Å²) in [5, 5.41) is 0. The summed E-state index contributed by atoms with van der Waals surface area (Å²) in [5.74, 6) is 0.637. The topological polar surface area (TPSA) is 21.7 Å². The SMILES string of the molecule is CCCCN1CCO[C@H](COCSS)C1. The minimum absolute atomic E-state index is 0.246. The van der Waals surface area contributed by atoms with E-state index in [1.807, 2.05) is 0 Å². The Kier molecular flexibility index (Phi) is 7.91. The van der Waals surface area contributed by atoms with Gasteiger partial charge in [-0.05, 0) is 13.0 Å². The largest absolute Gasteiger partial charge is 0.373 e. The van der Waals surface area contributed by atoms with E-state index in [2.05, 4.69) is 23.5 Å². The molecule has 0 unspecified atom stereocenters. The van der Waals surface area contributed by atoms with Crippen LogP contribution in [0, 0.1) is 0 Å². The van der Waals surface area contributed by atoms with E-state index in [0.717, 1.165) is 19.7 Å². The van der Waals surface area contributed by atoms with E-state index in [0.29, 0.717) is 12.5 Å². The lowest BCUT2D eigenvalue weighted by molar-refractivity contribution is -0.0629. The Bertz CT molecular complexity index is 160. The Morgan fingerprint density at radius 2 is 2.47 bits per heavy atom. The zero-order valence-electron chi connectivity index (χ0n) is 9.35. The second kappa shape index (κ2) is 8.70. The molecule has 0 saturated carbocycles. The van der Waals surface area contributed by atoms with Gasteiger partial charge in [0.15, 0.2) is 0 Å². The third kappa shape index (κ3) is 6.02. The minimum atomic E-state index is 0.246. The average molecular weight is 251 g/mol. The third-order valence-corrected chi connectivity index (χ3v) is 3.08. The second-order valence-electron chi connectivity index (χ2n) is 3.76. The molecule has 0 radical (unpaired) electrons. The first kappa shape index (κ1) is 13.6. The summed E-state index contributed by atoms with van der Waals surface area (Å²) in [6.45, 7) is 7.03. The molecular formula is C10H21NO2S2. The Labute approximate surface area is 102 Å². The number of hydrogen-bond donors (Lipinski definition) is 1. The molecule has 0 aromatic carbocycles. The quantitative estimate of drug-likeness (QED) is 0.323. The number of ether oxygens (including phenoxy) is 2. The molecule has 1 fully saturated rings. The van der Waals surface area contributed by atoms with Crippen molar-refractivity contribution in [3.63, 3.8) is 0 Å². The highest BCUT2D eigenvalue weighted by molar-refractivity contribution is 8.68. The summed E-state index contributed by atoms with van der Waals surface area (Å²) >= 11 is 4.02. The van der Waals surface area contributed by atoms with Gasteiger partial charge in [-0.2, -0.15) is 0 Å². The zero-order chi connectivity index (χ0) is 10.9. The lowest BCUT2D eigenvalue weighted by atomic mass is 10.2. The smallest absolute Gasteiger partial charge is 0.102 e. The molecule has 0 aromatic rings. The van der Waals surface area contributed by atoms with Crippen LogP contribution in [0.5, 0.6) is 0 Å². The number of unbranched alkanes of at least 4 members (excludes halogenated alkanes) is 1. The molecule has 5 heteroatoms. The van der Waals surface area contributed by atoms with Crippen LogP contribution in [0.1, 0.15) is 19.8 Å². The minimum Gasteiger partial charge on any atom is -0.373 e. The van der Waals surface area contributed by atoms with Crippen molar-refractivity contribution < 1.29 is 9.47 Å². The van der Waals surface area contributed by atoms with Gasteiger partial charge >= 0.3 is 0 Å². The molecule has 1 aliphatic rings. The number of morpholine rings is 1. The Hall–Kier alpha value is 0.580. The predicted molar refractivity (Wildman–Crippen MR) is 68.5 cm³/mol. The van der Waals surface area contributed by atoms with Gasteiger partial charge in [0.05, 0.1) is 19.3 Å². The summed E-state index contributed by atoms with van der Waals surface area (Å²) in [7, 11) is 1.41. The van der Waals surface area contributed by atoms with Crippen LogP contribution in [0.15, 0.2) is 0 Å². The van der Waals surface area contributed by atoms with E-state index in [1.54, 1.807) is 0 Å². The van der Waals surface area contributed by atoms with Crippen molar-refractivity contribution in [3.05, 3.63) is 0 Å². The highest BCUT2D eigenvalue weighted by Gasteiger charge is 2.19. The summed E-state index contributed by atoms with van der Waals surface area (Å²) in [6, 6.07) is 0. The molecule has 0 N–H and O–H groups in total. The van der Waals surface area contributed by atoms with E-state index in [1.165, 1.54) is 30.2 Å². The first-order valence-corrected chi connectivity index (χ1v) is 7.58. The molecule has 0 aromatic heterocycles. The van der Waals surface area contributed by atoms with Crippen LogP contribution in [0.3, 0.4) is 0 Å². The molecule has 0 amide bonds. The van der Waals surface area contributed by atoms with E-state index >= 15 is 0 Å². The van der Waals surface area contributed by atoms with Gasteiger partial charge in [-0.25, -0.2) is 0 Å². The number of hydrogen-bond acceptors (Lipinski definition) is 5. The maximum Gasteiger partial charge on any atom is 0.102 e. The van der Waals surface area contributed by atoms with Gasteiger partial charge in [0.1, 0.15) is 5.94 Å². The van der Waals surface area contributed by atoms with Gasteiger partial charge in [-0.1, -0.05) is 24.1 Å². The van der Waals surface area contributed by atoms with Gasteiger partial charge in [0.2, 0.25) is 0 Å². The van der Waals surface area contributed by atoms with Crippen molar-refractivity contribution in [2.45, 2.75) is 25.9 Å². The molecule has 1 saturated heterocycles. The zero-order valence-corrected chi connectivity index (χ0v) is 11.1. The number of thiol groups is 1. The van der Waals surface area contributed by atoms with Gasteiger partial charge < -0.3 is 9.47 Å². The summed E-state index contributed by atoms with van der Waals surface area (Å²) < 4.78 is 11.0. The fourth-order valence-electron chi connectivity index (χ4n) is 1.68. The summed E-state index contributed by atoms with van der Waals surface area (Å²) in [6.07, 6.45) is 2.78. The van der Waals surface area contributed by atoms with Crippen molar-refractivity contribution in [3.8, 4) is 0 Å². The first-order valence-electron chi connectivity index (χ1n) is 5.55. The van der Waals surface area contributed by atoms with Gasteiger partial charge in [-0.3, -0.25) is 4.90 Å². The molecule has 1 heterocycles. The highest BCUT2D eigenvalue weighted by atomic mass is 33.1. The van der Waals surface area contributed by atoms with E-state index < -0.39 is 0 Å². The van der Waals surface area contributed by atoms with Crippen molar-refractivity contribution in [1.82, 2.24) is 4.90 Å². The molecule has 0 bridgehead atoms. The molecular weight excluding hydrogens is 230 g/mol. The first-order chi connectivity index (χ1) is 7.36. The van der Waals surface area contributed by atoms with Crippen LogP contribution in [-0.4, -0.2) is 49.8 Å². The van der Waals surface area contributed by atoms with Gasteiger partial charge in [-0.15, -0.1) is 11.7 Å². The molecule has 1 atom stereocenters. The van der Waals surface area contributed by atoms with Crippen LogP contribution in [0.2, 0.25) is 0 Å². The van der Waals surface area contributed by atoms with Crippen LogP contribution in [0.4, 0.5) is 0 Å². The molecule has 15 heavy (non-hydrogen) atoms. The maximum absolute atomic E-state index is 5.63. The Balaban J connectivity index is 2.11. The maximum atomic E-state index is 5.63. The lowest BCUT2D eigenvalue weighted by Crippen LogP contribution is -2.44. The molecule has 1 aliphatic heterocycles. The Morgan fingerprint density at radius 1 is 1.60 bits per heavy atom. The molecule has 3 nitrogen and oxygen atoms in total. The predicted octanol–water partition coefficient (Wildman–Crippen LogP) is 2.04. The van der Waals surface area contributed by atoms with E-state index in [-0.39, 0.29) is 6.10 Å². The highest BCUT2D eigenvalue weighted by Crippen LogP contribution is 2.09. The Morgan fingerprint density at radius 3 is 3.20 bits per heavy atom. The van der Waals surface area contributed by atoms with Crippen LogP contribution < -0.4 is 0 Å². The molecule has 1 rings (SSSR count). The second-order valence-corrected chi connectivity index (χ2v) is 5.03. The summed E-state index contributed by atoms with van der Waals surface area (Å²) in [4.78, 5) is 2.47. The average Bonchev–Trinajstić information content (AvgIpc) is 2.27. The van der Waals surface area contributed by atoms with Crippen molar-refractivity contribution >= 4 is 22.5 Å². The van der Waals surface area contributed by atoms with Gasteiger partial charge in [0, 0.05) is 13.1 Å². The number of nitrogens with zero attached hydrogens (tertiary/aromatic N) is 1. The lowest BCUT2D eigenvalue weighted by Gasteiger charge is -2.32. The van der Waals surface area contributed by atoms with Crippen LogP contribution in [-0.2, 0) is 9.47 Å². The van der Waals surface area contributed by atoms with Crippen molar-refractivity contribution in [2.24, 2.45) is 0 Å². The van der Waals surface area contributed by atoms with E-state index in [9.17, 15) is 0 Å². The van der Waals surface area contributed by atoms with Crippen molar-refractivity contribution in [1.29, 1.82) is 0 Å². The third-order valence-electron chi connectivity index (χ3n) is 2.49. The van der Waals surface area contributed by atoms with E-state index in [4.69, 9.17) is 9.47 Å². The standard InChI is InChI=1S/C10H21NO2S2/c1-2-3-4-11-5-6-13-10(7-11)8-12-9-15-14/h10,14H,2-9H2,1H3/t10-/m0/s1.